The highest BCUT2D eigenvalue weighted by molar-refractivity contribution is 4.80. The quantitative estimate of drug-likeness (QED) is 0.615. The Morgan fingerprint density at radius 2 is 2.36 bits per heavy atom. The minimum absolute atomic E-state index is 0.171. The number of rotatable bonds is 3. The van der Waals surface area contributed by atoms with Crippen molar-refractivity contribution < 1.29 is 9.84 Å². The fraction of sp³-hybridized carbons (Fsp3) is 1.00. The van der Waals surface area contributed by atoms with E-state index in [1.54, 1.807) is 0 Å². The topological polar surface area (TPSA) is 41.5 Å². The van der Waals surface area contributed by atoms with Crippen LogP contribution in [0, 0.1) is 0 Å². The highest BCUT2D eigenvalue weighted by Crippen LogP contribution is 2.06. The molecule has 0 amide bonds. The van der Waals surface area contributed by atoms with Gasteiger partial charge in [0, 0.05) is 12.6 Å². The lowest BCUT2D eigenvalue weighted by atomic mass is 10.2. The van der Waals surface area contributed by atoms with Gasteiger partial charge < -0.3 is 15.2 Å². The first-order valence-corrected chi connectivity index (χ1v) is 4.21. The molecule has 1 fully saturated rings. The highest BCUT2D eigenvalue weighted by Gasteiger charge is 2.21. The lowest BCUT2D eigenvalue weighted by Crippen LogP contribution is -2.28. The van der Waals surface area contributed by atoms with Crippen LogP contribution in [0.3, 0.4) is 0 Å². The van der Waals surface area contributed by atoms with Crippen LogP contribution in [-0.2, 0) is 4.74 Å². The summed E-state index contributed by atoms with van der Waals surface area (Å²) in [5.41, 5.74) is 0. The molecule has 1 aliphatic heterocycles. The molecule has 0 saturated carbocycles. The van der Waals surface area contributed by atoms with E-state index in [9.17, 15) is 0 Å². The molecule has 0 aromatic carbocycles. The molecule has 0 bridgehead atoms. The minimum atomic E-state index is -0.171. The van der Waals surface area contributed by atoms with Gasteiger partial charge in [-0.05, 0) is 20.3 Å². The summed E-state index contributed by atoms with van der Waals surface area (Å²) in [5.74, 6) is 0. The molecule has 0 radical (unpaired) electrons. The third-order valence-corrected chi connectivity index (χ3v) is 1.83. The molecule has 2 N–H and O–H groups in total. The second-order valence-electron chi connectivity index (χ2n) is 3.38. The molecule has 0 aromatic rings. The maximum Gasteiger partial charge on any atom is 0.0680 e. The van der Waals surface area contributed by atoms with Gasteiger partial charge in [-0.3, -0.25) is 0 Å². The van der Waals surface area contributed by atoms with Gasteiger partial charge in [0.2, 0.25) is 0 Å². The van der Waals surface area contributed by atoms with Crippen LogP contribution in [-0.4, -0.2) is 36.5 Å². The average molecular weight is 159 g/mol. The van der Waals surface area contributed by atoms with Crippen molar-refractivity contribution in [1.29, 1.82) is 0 Å². The Bertz CT molecular complexity index is 117. The van der Waals surface area contributed by atoms with Gasteiger partial charge in [0.15, 0.2) is 0 Å². The number of hydrogen-bond donors (Lipinski definition) is 2. The number of nitrogens with one attached hydrogen (secondary N) is 1. The lowest BCUT2D eigenvalue weighted by Gasteiger charge is -2.12. The standard InChI is InChI=1S/C8H17NO2/c1-6(2)11-5-7-3-8(10)4-9-7/h6-10H,3-5H2,1-2H3/t7-,8-/m0/s1. The Hall–Kier alpha value is -0.120. The zero-order chi connectivity index (χ0) is 8.27. The summed E-state index contributed by atoms with van der Waals surface area (Å²) in [6.07, 6.45) is 0.942. The highest BCUT2D eigenvalue weighted by atomic mass is 16.5. The summed E-state index contributed by atoms with van der Waals surface area (Å²) in [4.78, 5) is 0. The summed E-state index contributed by atoms with van der Waals surface area (Å²) in [6.45, 7) is 5.47. The first-order valence-electron chi connectivity index (χ1n) is 4.21. The van der Waals surface area contributed by atoms with Crippen molar-refractivity contribution >= 4 is 0 Å². The third kappa shape index (κ3) is 3.18. The van der Waals surface area contributed by atoms with Crippen molar-refractivity contribution in [3.05, 3.63) is 0 Å². The molecule has 1 aliphatic rings. The van der Waals surface area contributed by atoms with E-state index in [1.807, 2.05) is 13.8 Å². The molecular weight excluding hydrogens is 142 g/mol. The summed E-state index contributed by atoms with van der Waals surface area (Å²) in [7, 11) is 0. The van der Waals surface area contributed by atoms with E-state index in [4.69, 9.17) is 9.84 Å². The Balaban J connectivity index is 2.08. The maximum absolute atomic E-state index is 9.15. The minimum Gasteiger partial charge on any atom is -0.392 e. The monoisotopic (exact) mass is 159 g/mol. The van der Waals surface area contributed by atoms with E-state index in [2.05, 4.69) is 5.32 Å². The van der Waals surface area contributed by atoms with Gasteiger partial charge in [0.05, 0.1) is 18.8 Å². The molecular formula is C8H17NO2. The van der Waals surface area contributed by atoms with E-state index in [0.29, 0.717) is 19.2 Å². The van der Waals surface area contributed by atoms with Gasteiger partial charge in [0.1, 0.15) is 0 Å². The van der Waals surface area contributed by atoms with Crippen molar-refractivity contribution in [3.8, 4) is 0 Å². The smallest absolute Gasteiger partial charge is 0.0680 e. The van der Waals surface area contributed by atoms with Crippen LogP contribution >= 0.6 is 0 Å². The summed E-state index contributed by atoms with van der Waals surface area (Å²) < 4.78 is 5.40. The van der Waals surface area contributed by atoms with Crippen LogP contribution in [0.4, 0.5) is 0 Å². The van der Waals surface area contributed by atoms with Gasteiger partial charge in [-0.25, -0.2) is 0 Å². The second kappa shape index (κ2) is 4.04. The van der Waals surface area contributed by atoms with Gasteiger partial charge in [-0.1, -0.05) is 0 Å². The molecule has 2 atom stereocenters. The van der Waals surface area contributed by atoms with Crippen molar-refractivity contribution in [2.24, 2.45) is 0 Å². The fourth-order valence-corrected chi connectivity index (χ4v) is 1.23. The summed E-state index contributed by atoms with van der Waals surface area (Å²) in [5, 5.41) is 12.3. The fourth-order valence-electron chi connectivity index (χ4n) is 1.23. The lowest BCUT2D eigenvalue weighted by molar-refractivity contribution is 0.0622. The predicted octanol–water partition coefficient (Wildman–Crippen LogP) is 0.134. The molecule has 1 saturated heterocycles. The molecule has 1 rings (SSSR count). The van der Waals surface area contributed by atoms with E-state index in [-0.39, 0.29) is 12.2 Å². The summed E-state index contributed by atoms with van der Waals surface area (Å²) >= 11 is 0. The van der Waals surface area contributed by atoms with Crippen molar-refractivity contribution in [1.82, 2.24) is 5.32 Å². The van der Waals surface area contributed by atoms with Gasteiger partial charge in [-0.2, -0.15) is 0 Å². The second-order valence-corrected chi connectivity index (χ2v) is 3.38. The molecule has 0 spiro atoms. The van der Waals surface area contributed by atoms with Gasteiger partial charge in [0.25, 0.3) is 0 Å². The van der Waals surface area contributed by atoms with Crippen molar-refractivity contribution in [2.75, 3.05) is 13.2 Å². The zero-order valence-electron chi connectivity index (χ0n) is 7.21. The summed E-state index contributed by atoms with van der Waals surface area (Å²) in [6, 6.07) is 0.354. The molecule has 11 heavy (non-hydrogen) atoms. The molecule has 1 heterocycles. The Morgan fingerprint density at radius 1 is 1.64 bits per heavy atom. The predicted molar refractivity (Wildman–Crippen MR) is 43.5 cm³/mol. The SMILES string of the molecule is CC(C)OC[C@@H]1C[C@H](O)CN1. The number of ether oxygens (including phenoxy) is 1. The molecule has 0 aliphatic carbocycles. The number of hydrogen-bond acceptors (Lipinski definition) is 3. The molecule has 3 heteroatoms. The van der Waals surface area contributed by atoms with E-state index < -0.39 is 0 Å². The van der Waals surface area contributed by atoms with Gasteiger partial charge in [-0.15, -0.1) is 0 Å². The van der Waals surface area contributed by atoms with Crippen molar-refractivity contribution in [3.63, 3.8) is 0 Å². The van der Waals surface area contributed by atoms with Crippen LogP contribution in [0.15, 0.2) is 0 Å². The Kier molecular flexibility index (Phi) is 3.30. The first-order chi connectivity index (χ1) is 5.18. The molecule has 0 unspecified atom stereocenters. The van der Waals surface area contributed by atoms with Crippen LogP contribution in [0.25, 0.3) is 0 Å². The molecule has 66 valence electrons. The van der Waals surface area contributed by atoms with E-state index in [1.165, 1.54) is 0 Å². The Labute approximate surface area is 67.7 Å². The van der Waals surface area contributed by atoms with Gasteiger partial charge >= 0.3 is 0 Å². The first kappa shape index (κ1) is 8.97. The Morgan fingerprint density at radius 3 is 2.82 bits per heavy atom. The van der Waals surface area contributed by atoms with E-state index in [0.717, 1.165) is 6.42 Å². The van der Waals surface area contributed by atoms with Crippen LogP contribution in [0.2, 0.25) is 0 Å². The maximum atomic E-state index is 9.15. The molecule has 0 aromatic heterocycles. The van der Waals surface area contributed by atoms with Crippen molar-refractivity contribution in [2.45, 2.75) is 38.5 Å². The number of aliphatic hydroxyl groups excluding tert-OH is 1. The van der Waals surface area contributed by atoms with E-state index >= 15 is 0 Å². The van der Waals surface area contributed by atoms with Crippen LogP contribution in [0.1, 0.15) is 20.3 Å². The number of β-amino-alcohol motifs (C(OH)–C–C–N with tert-alkyl or cyclic N) is 1. The zero-order valence-corrected chi connectivity index (χ0v) is 7.21. The van der Waals surface area contributed by atoms with Crippen LogP contribution < -0.4 is 5.32 Å². The number of aliphatic hydroxyl groups is 1. The van der Waals surface area contributed by atoms with Crippen LogP contribution in [0.5, 0.6) is 0 Å². The molecule has 3 nitrogen and oxygen atoms in total. The third-order valence-electron chi connectivity index (χ3n) is 1.83. The normalized spacial score (nSPS) is 31.6. The average Bonchev–Trinajstić information content (AvgIpc) is 2.31. The largest absolute Gasteiger partial charge is 0.392 e.